The minimum absolute atomic E-state index is 0.00219. The van der Waals surface area contributed by atoms with Crippen LogP contribution in [0.3, 0.4) is 0 Å². The van der Waals surface area contributed by atoms with Crippen LogP contribution in [0.25, 0.3) is 0 Å². The molecule has 0 aliphatic rings. The fourth-order valence-electron chi connectivity index (χ4n) is 0.429. The van der Waals surface area contributed by atoms with Crippen LogP contribution in [0.5, 0.6) is 0 Å². The highest BCUT2D eigenvalue weighted by Crippen LogP contribution is 2.21. The third-order valence-corrected chi connectivity index (χ3v) is 1.73. The van der Waals surface area contributed by atoms with Crippen molar-refractivity contribution < 1.29 is 5.76 Å². The van der Waals surface area contributed by atoms with Crippen LogP contribution in [-0.4, -0.2) is 0 Å². The van der Waals surface area contributed by atoms with Gasteiger partial charge >= 0.3 is 0 Å². The maximum absolute atomic E-state index is 12.7. The molecule has 0 unspecified atom stereocenters. The van der Waals surface area contributed by atoms with Crippen LogP contribution in [-0.2, 0) is 0 Å². The van der Waals surface area contributed by atoms with Gasteiger partial charge in [0, 0.05) is 0 Å². The molecule has 0 aliphatic carbocycles. The van der Waals surface area contributed by atoms with Crippen LogP contribution in [0.2, 0.25) is 5.02 Å². The van der Waals surface area contributed by atoms with Crippen LogP contribution >= 0.6 is 27.5 Å². The van der Waals surface area contributed by atoms with E-state index in [2.05, 4.69) is 15.9 Å². The molecule has 0 nitrogen and oxygen atoms in total. The summed E-state index contributed by atoms with van der Waals surface area (Å²) in [6.45, 7) is 0. The van der Waals surface area contributed by atoms with Crippen LogP contribution in [0.4, 0.5) is 4.39 Å². The molecular formula is C6H3BrClF. The lowest BCUT2D eigenvalue weighted by Crippen LogP contribution is -1.75. The Bertz CT molecular complexity index is 237. The zero-order valence-corrected chi connectivity index (χ0v) is 6.63. The Morgan fingerprint density at radius 1 is 1.78 bits per heavy atom. The van der Waals surface area contributed by atoms with Crippen molar-refractivity contribution in [3.05, 3.63) is 33.5 Å². The van der Waals surface area contributed by atoms with Crippen LogP contribution in [0.15, 0.2) is 22.6 Å². The lowest BCUT2D eigenvalue weighted by Gasteiger charge is -1.93. The van der Waals surface area contributed by atoms with Gasteiger partial charge in [0.15, 0.2) is 5.82 Å². The molecule has 0 saturated carbocycles. The highest BCUT2D eigenvalue weighted by Gasteiger charge is 2.00. The molecule has 0 atom stereocenters. The van der Waals surface area contributed by atoms with Crippen LogP contribution in [0, 0.1) is 5.82 Å². The van der Waals surface area contributed by atoms with Crippen molar-refractivity contribution in [2.75, 3.05) is 0 Å². The molecule has 1 aromatic rings. The SMILES string of the molecule is [2H]c1ccc(Br)c(F)c1Cl. The van der Waals surface area contributed by atoms with Crippen molar-refractivity contribution in [2.24, 2.45) is 0 Å². The topological polar surface area (TPSA) is 0 Å². The van der Waals surface area contributed by atoms with E-state index >= 15 is 0 Å². The average Bonchev–Trinajstić information content (AvgIpc) is 1.93. The summed E-state index contributed by atoms with van der Waals surface area (Å²) in [7, 11) is 0. The second-order valence-corrected chi connectivity index (χ2v) is 2.69. The second-order valence-electron chi connectivity index (χ2n) is 1.45. The Balaban J connectivity index is 3.34. The molecule has 0 bridgehead atoms. The summed E-state index contributed by atoms with van der Waals surface area (Å²) in [5.74, 6) is -0.575. The largest absolute Gasteiger partial charge is 0.204 e. The van der Waals surface area contributed by atoms with E-state index in [0.29, 0.717) is 0 Å². The number of benzene rings is 1. The molecular weight excluding hydrogens is 206 g/mol. The molecule has 0 heterocycles. The van der Waals surface area contributed by atoms with Gasteiger partial charge in [0.05, 0.1) is 10.9 Å². The summed E-state index contributed by atoms with van der Waals surface area (Å²) in [5, 5.41) is -0.144. The minimum Gasteiger partial charge on any atom is -0.204 e. The Morgan fingerprint density at radius 3 is 3.00 bits per heavy atom. The Morgan fingerprint density at radius 2 is 2.44 bits per heavy atom. The predicted molar refractivity (Wildman–Crippen MR) is 39.1 cm³/mol. The molecule has 0 aromatic heterocycles. The van der Waals surface area contributed by atoms with E-state index in [1.165, 1.54) is 12.1 Å². The van der Waals surface area contributed by atoms with E-state index < -0.39 is 5.82 Å². The molecule has 0 fully saturated rings. The Labute approximate surface area is 67.2 Å². The summed E-state index contributed by atoms with van der Waals surface area (Å²) in [6, 6.07) is 2.88. The monoisotopic (exact) mass is 209 g/mol. The van der Waals surface area contributed by atoms with Gasteiger partial charge in [-0.2, -0.15) is 0 Å². The van der Waals surface area contributed by atoms with Crippen molar-refractivity contribution in [3.8, 4) is 0 Å². The van der Waals surface area contributed by atoms with E-state index in [4.69, 9.17) is 13.0 Å². The molecule has 0 aliphatic heterocycles. The Kier molecular flexibility index (Phi) is 1.69. The number of hydrogen-bond donors (Lipinski definition) is 0. The summed E-state index contributed by atoms with van der Waals surface area (Å²) >= 11 is 8.33. The summed E-state index contributed by atoms with van der Waals surface area (Å²) in [6.07, 6.45) is 0. The summed E-state index contributed by atoms with van der Waals surface area (Å²) in [4.78, 5) is 0. The first kappa shape index (κ1) is 5.69. The molecule has 0 radical (unpaired) electrons. The zero-order valence-electron chi connectivity index (χ0n) is 5.29. The van der Waals surface area contributed by atoms with Crippen molar-refractivity contribution in [1.29, 1.82) is 0 Å². The van der Waals surface area contributed by atoms with Gasteiger partial charge in [-0.3, -0.25) is 0 Å². The van der Waals surface area contributed by atoms with Crippen LogP contribution < -0.4 is 0 Å². The van der Waals surface area contributed by atoms with Crippen molar-refractivity contribution >= 4 is 27.5 Å². The van der Waals surface area contributed by atoms with Crippen molar-refractivity contribution in [1.82, 2.24) is 0 Å². The van der Waals surface area contributed by atoms with E-state index in [1.54, 1.807) is 0 Å². The predicted octanol–water partition coefficient (Wildman–Crippen LogP) is 3.24. The van der Waals surface area contributed by atoms with E-state index in [0.717, 1.165) is 0 Å². The maximum atomic E-state index is 12.7. The van der Waals surface area contributed by atoms with E-state index in [-0.39, 0.29) is 15.5 Å². The molecule has 0 amide bonds. The van der Waals surface area contributed by atoms with Gasteiger partial charge in [0.25, 0.3) is 0 Å². The molecule has 1 rings (SSSR count). The van der Waals surface area contributed by atoms with E-state index in [1.807, 2.05) is 0 Å². The molecule has 0 spiro atoms. The lowest BCUT2D eigenvalue weighted by molar-refractivity contribution is 0.621. The summed E-state index contributed by atoms with van der Waals surface area (Å²) in [5.41, 5.74) is 0. The quantitative estimate of drug-likeness (QED) is 0.577. The van der Waals surface area contributed by atoms with Gasteiger partial charge < -0.3 is 0 Å². The maximum Gasteiger partial charge on any atom is 0.155 e. The standard InChI is InChI=1S/C6H3BrClF/c7-4-2-1-3-5(8)6(4)9/h1-3H/i3D. The van der Waals surface area contributed by atoms with Crippen LogP contribution in [0.1, 0.15) is 1.37 Å². The number of hydrogen-bond acceptors (Lipinski definition) is 0. The third kappa shape index (κ3) is 1.43. The van der Waals surface area contributed by atoms with E-state index in [9.17, 15) is 4.39 Å². The minimum atomic E-state index is -0.575. The highest BCUT2D eigenvalue weighted by atomic mass is 79.9. The molecule has 0 saturated heterocycles. The van der Waals surface area contributed by atoms with Gasteiger partial charge in [-0.15, -0.1) is 0 Å². The number of rotatable bonds is 0. The smallest absolute Gasteiger partial charge is 0.155 e. The van der Waals surface area contributed by atoms with Gasteiger partial charge in [0.2, 0.25) is 0 Å². The number of halogens is 3. The van der Waals surface area contributed by atoms with Gasteiger partial charge in [-0.05, 0) is 28.0 Å². The first-order chi connectivity index (χ1) is 4.63. The second kappa shape index (κ2) is 2.67. The molecule has 0 N–H and O–H groups in total. The van der Waals surface area contributed by atoms with Crippen molar-refractivity contribution in [2.45, 2.75) is 0 Å². The fraction of sp³-hybridized carbons (Fsp3) is 0. The molecule has 48 valence electrons. The zero-order chi connectivity index (χ0) is 7.72. The average molecular weight is 210 g/mol. The van der Waals surface area contributed by atoms with Gasteiger partial charge in [-0.1, -0.05) is 17.7 Å². The molecule has 1 aromatic carbocycles. The first-order valence-electron chi connectivity index (χ1n) is 2.73. The normalized spacial score (nSPS) is 11.2. The van der Waals surface area contributed by atoms with Crippen molar-refractivity contribution in [3.63, 3.8) is 0 Å². The lowest BCUT2D eigenvalue weighted by atomic mass is 10.3. The first-order valence-corrected chi connectivity index (χ1v) is 3.40. The molecule has 9 heavy (non-hydrogen) atoms. The highest BCUT2D eigenvalue weighted by molar-refractivity contribution is 9.10. The summed E-state index contributed by atoms with van der Waals surface area (Å²) < 4.78 is 20.0. The Hall–Kier alpha value is -0.0800. The fourth-order valence-corrected chi connectivity index (χ4v) is 1.04. The molecule has 3 heteroatoms. The van der Waals surface area contributed by atoms with Gasteiger partial charge in [0.1, 0.15) is 0 Å². The third-order valence-electron chi connectivity index (χ3n) is 0.842. The van der Waals surface area contributed by atoms with Gasteiger partial charge in [-0.25, -0.2) is 4.39 Å².